The molecule has 1 saturated carbocycles. The Hall–Kier alpha value is -2.10. The highest BCUT2D eigenvalue weighted by molar-refractivity contribution is 5.94. The summed E-state index contributed by atoms with van der Waals surface area (Å²) in [6, 6.07) is 8.27. The van der Waals surface area contributed by atoms with E-state index in [1.165, 1.54) is 37.7 Å². The first kappa shape index (κ1) is 16.7. The number of nitrogens with zero attached hydrogens (tertiary/aromatic N) is 2. The van der Waals surface area contributed by atoms with Crippen molar-refractivity contribution in [3.8, 4) is 0 Å². The summed E-state index contributed by atoms with van der Waals surface area (Å²) in [7, 11) is 0. The van der Waals surface area contributed by atoms with Gasteiger partial charge in [-0.1, -0.05) is 44.2 Å². The molecule has 1 aromatic carbocycles. The Morgan fingerprint density at radius 1 is 1.12 bits per heavy atom. The van der Waals surface area contributed by atoms with Gasteiger partial charge >= 0.3 is 0 Å². The second kappa shape index (κ2) is 8.13. The number of rotatable bonds is 4. The molecule has 1 amide bonds. The lowest BCUT2D eigenvalue weighted by Crippen LogP contribution is -2.35. The van der Waals surface area contributed by atoms with E-state index in [1.54, 1.807) is 0 Å². The van der Waals surface area contributed by atoms with Crippen LogP contribution in [0.4, 0.5) is 0 Å². The molecule has 3 rings (SSSR count). The average Bonchev–Trinajstić information content (AvgIpc) is 2.95. The number of imidazole rings is 1. The minimum Gasteiger partial charge on any atom is -0.349 e. The molecule has 0 atom stereocenters. The van der Waals surface area contributed by atoms with E-state index in [0.29, 0.717) is 6.04 Å². The highest BCUT2D eigenvalue weighted by Crippen LogP contribution is 2.17. The maximum atomic E-state index is 12.5. The Labute approximate surface area is 144 Å². The monoisotopic (exact) mass is 325 g/mol. The van der Waals surface area contributed by atoms with Crippen LogP contribution < -0.4 is 5.32 Å². The minimum atomic E-state index is 0.0611. The van der Waals surface area contributed by atoms with Crippen molar-refractivity contribution < 1.29 is 4.79 Å². The summed E-state index contributed by atoms with van der Waals surface area (Å²) in [5, 5.41) is 3.22. The molecule has 0 radical (unpaired) electrons. The standard InChI is InChI=1S/C20H27N3O/c1-16-21-13-14-23(16)15-17-9-11-18(12-10-17)20(24)22-19-7-5-3-2-4-6-8-19/h9-14,19H,2-8,15H2,1H3,(H,22,24). The molecule has 0 unspecified atom stereocenters. The summed E-state index contributed by atoms with van der Waals surface area (Å²) < 4.78 is 2.10. The normalized spacial score (nSPS) is 16.4. The van der Waals surface area contributed by atoms with Gasteiger partial charge in [0.05, 0.1) is 0 Å². The van der Waals surface area contributed by atoms with Gasteiger partial charge in [0.1, 0.15) is 5.82 Å². The zero-order chi connectivity index (χ0) is 16.8. The average molecular weight is 325 g/mol. The predicted octanol–water partition coefficient (Wildman–Crippen LogP) is 4.08. The number of nitrogens with one attached hydrogen (secondary N) is 1. The van der Waals surface area contributed by atoms with Crippen LogP contribution in [-0.2, 0) is 6.54 Å². The summed E-state index contributed by atoms with van der Waals surface area (Å²) in [4.78, 5) is 16.7. The van der Waals surface area contributed by atoms with E-state index in [1.807, 2.05) is 43.6 Å². The fraction of sp³-hybridized carbons (Fsp3) is 0.500. The van der Waals surface area contributed by atoms with Crippen LogP contribution in [0.15, 0.2) is 36.7 Å². The zero-order valence-electron chi connectivity index (χ0n) is 14.5. The summed E-state index contributed by atoms with van der Waals surface area (Å²) in [5.41, 5.74) is 1.93. The molecule has 0 bridgehead atoms. The van der Waals surface area contributed by atoms with Gasteiger partial charge in [-0.2, -0.15) is 0 Å². The molecular formula is C20H27N3O. The smallest absolute Gasteiger partial charge is 0.251 e. The van der Waals surface area contributed by atoms with Gasteiger partial charge in [-0.15, -0.1) is 0 Å². The van der Waals surface area contributed by atoms with Crippen molar-refractivity contribution in [3.05, 3.63) is 53.6 Å². The van der Waals surface area contributed by atoms with E-state index in [-0.39, 0.29) is 5.91 Å². The SMILES string of the molecule is Cc1nccn1Cc1ccc(C(=O)NC2CCCCCCC2)cc1. The maximum Gasteiger partial charge on any atom is 0.251 e. The fourth-order valence-electron chi connectivity index (χ4n) is 3.40. The molecule has 1 aromatic heterocycles. The molecule has 1 heterocycles. The first-order chi connectivity index (χ1) is 11.7. The van der Waals surface area contributed by atoms with Crippen LogP contribution in [-0.4, -0.2) is 21.5 Å². The molecule has 1 aliphatic carbocycles. The Bertz CT molecular complexity index is 652. The summed E-state index contributed by atoms with van der Waals surface area (Å²) in [5.74, 6) is 1.06. The number of hydrogen-bond acceptors (Lipinski definition) is 2. The van der Waals surface area contributed by atoms with Crippen LogP contribution >= 0.6 is 0 Å². The largest absolute Gasteiger partial charge is 0.349 e. The zero-order valence-corrected chi connectivity index (χ0v) is 14.5. The van der Waals surface area contributed by atoms with E-state index in [2.05, 4.69) is 14.9 Å². The van der Waals surface area contributed by atoms with Crippen molar-refractivity contribution in [1.82, 2.24) is 14.9 Å². The molecule has 0 aliphatic heterocycles. The van der Waals surface area contributed by atoms with E-state index in [0.717, 1.165) is 30.8 Å². The summed E-state index contributed by atoms with van der Waals surface area (Å²) >= 11 is 0. The van der Waals surface area contributed by atoms with E-state index < -0.39 is 0 Å². The molecule has 1 N–H and O–H groups in total. The van der Waals surface area contributed by atoms with Gasteiger partial charge in [0.15, 0.2) is 0 Å². The van der Waals surface area contributed by atoms with Crippen LogP contribution in [0.25, 0.3) is 0 Å². The van der Waals surface area contributed by atoms with E-state index in [4.69, 9.17) is 0 Å². The lowest BCUT2D eigenvalue weighted by molar-refractivity contribution is 0.0930. The van der Waals surface area contributed by atoms with Crippen LogP contribution in [0.3, 0.4) is 0 Å². The minimum absolute atomic E-state index is 0.0611. The summed E-state index contributed by atoms with van der Waals surface area (Å²) in [6.07, 6.45) is 12.4. The summed E-state index contributed by atoms with van der Waals surface area (Å²) in [6.45, 7) is 2.78. The van der Waals surface area contributed by atoms with Crippen molar-refractivity contribution in [2.45, 2.75) is 64.5 Å². The topological polar surface area (TPSA) is 46.9 Å². The highest BCUT2D eigenvalue weighted by atomic mass is 16.1. The van der Waals surface area contributed by atoms with Crippen molar-refractivity contribution in [1.29, 1.82) is 0 Å². The highest BCUT2D eigenvalue weighted by Gasteiger charge is 2.15. The number of amides is 1. The molecular weight excluding hydrogens is 298 g/mol. The predicted molar refractivity (Wildman–Crippen MR) is 96.1 cm³/mol. The molecule has 4 heteroatoms. The number of carbonyl (C=O) groups excluding carboxylic acids is 1. The van der Waals surface area contributed by atoms with Crippen LogP contribution in [0.2, 0.25) is 0 Å². The van der Waals surface area contributed by atoms with Crippen molar-refractivity contribution >= 4 is 5.91 Å². The van der Waals surface area contributed by atoms with Gasteiger partial charge < -0.3 is 9.88 Å². The molecule has 24 heavy (non-hydrogen) atoms. The number of aryl methyl sites for hydroxylation is 1. The molecule has 1 aliphatic rings. The van der Waals surface area contributed by atoms with Gasteiger partial charge in [0.25, 0.3) is 5.91 Å². The molecule has 4 nitrogen and oxygen atoms in total. The Balaban J connectivity index is 1.58. The van der Waals surface area contributed by atoms with E-state index >= 15 is 0 Å². The van der Waals surface area contributed by atoms with Crippen molar-refractivity contribution in [2.24, 2.45) is 0 Å². The molecule has 2 aromatic rings. The molecule has 0 saturated heterocycles. The lowest BCUT2D eigenvalue weighted by atomic mass is 9.96. The fourth-order valence-corrected chi connectivity index (χ4v) is 3.40. The second-order valence-electron chi connectivity index (χ2n) is 6.81. The first-order valence-electron chi connectivity index (χ1n) is 9.10. The van der Waals surface area contributed by atoms with E-state index in [9.17, 15) is 4.79 Å². The Morgan fingerprint density at radius 2 is 1.79 bits per heavy atom. The number of benzene rings is 1. The van der Waals surface area contributed by atoms with Crippen LogP contribution in [0.1, 0.15) is 66.7 Å². The van der Waals surface area contributed by atoms with Gasteiger partial charge in [0.2, 0.25) is 0 Å². The van der Waals surface area contributed by atoms with Crippen LogP contribution in [0.5, 0.6) is 0 Å². The Morgan fingerprint density at radius 3 is 2.42 bits per heavy atom. The van der Waals surface area contributed by atoms with Crippen molar-refractivity contribution in [2.75, 3.05) is 0 Å². The maximum absolute atomic E-state index is 12.5. The lowest BCUT2D eigenvalue weighted by Gasteiger charge is -2.21. The quantitative estimate of drug-likeness (QED) is 0.920. The number of hydrogen-bond donors (Lipinski definition) is 1. The molecule has 128 valence electrons. The van der Waals surface area contributed by atoms with Crippen molar-refractivity contribution in [3.63, 3.8) is 0 Å². The molecule has 1 fully saturated rings. The van der Waals surface area contributed by atoms with Gasteiger partial charge in [0, 0.05) is 30.5 Å². The third-order valence-corrected chi connectivity index (χ3v) is 4.93. The van der Waals surface area contributed by atoms with Gasteiger partial charge in [-0.05, 0) is 37.5 Å². The number of aromatic nitrogens is 2. The molecule has 0 spiro atoms. The van der Waals surface area contributed by atoms with Crippen LogP contribution in [0, 0.1) is 6.92 Å². The van der Waals surface area contributed by atoms with Gasteiger partial charge in [-0.3, -0.25) is 4.79 Å². The van der Waals surface area contributed by atoms with Gasteiger partial charge in [-0.25, -0.2) is 4.98 Å². The second-order valence-corrected chi connectivity index (χ2v) is 6.81. The third-order valence-electron chi connectivity index (χ3n) is 4.93. The Kier molecular flexibility index (Phi) is 5.68. The third kappa shape index (κ3) is 4.47. The number of carbonyl (C=O) groups is 1. The first-order valence-corrected chi connectivity index (χ1v) is 9.10.